The number of ether oxygens (including phenoxy) is 2. The van der Waals surface area contributed by atoms with Crippen LogP contribution in [0.25, 0.3) is 11.0 Å². The van der Waals surface area contributed by atoms with Crippen LogP contribution in [-0.2, 0) is 11.2 Å². The van der Waals surface area contributed by atoms with Crippen molar-refractivity contribution in [3.63, 3.8) is 0 Å². The average Bonchev–Trinajstić information content (AvgIpc) is 3.21. The van der Waals surface area contributed by atoms with Gasteiger partial charge in [-0.25, -0.2) is 0 Å². The van der Waals surface area contributed by atoms with Crippen LogP contribution in [0.5, 0.6) is 11.5 Å². The van der Waals surface area contributed by atoms with Crippen molar-refractivity contribution in [2.75, 3.05) is 24.9 Å². The summed E-state index contributed by atoms with van der Waals surface area (Å²) in [4.78, 5) is 25.4. The van der Waals surface area contributed by atoms with Crippen molar-refractivity contribution < 1.29 is 23.6 Å². The van der Waals surface area contributed by atoms with Crippen molar-refractivity contribution in [2.45, 2.75) is 20.3 Å². The normalized spacial score (nSPS) is 10.7. The van der Waals surface area contributed by atoms with E-state index >= 15 is 0 Å². The molecule has 0 saturated heterocycles. The molecule has 0 aliphatic rings. The van der Waals surface area contributed by atoms with Gasteiger partial charge >= 0.3 is 0 Å². The van der Waals surface area contributed by atoms with Crippen LogP contribution in [0.4, 0.5) is 11.4 Å². The van der Waals surface area contributed by atoms with Gasteiger partial charge in [-0.3, -0.25) is 9.59 Å². The maximum atomic E-state index is 12.8. The van der Waals surface area contributed by atoms with E-state index in [0.29, 0.717) is 39.7 Å². The van der Waals surface area contributed by atoms with Crippen LogP contribution < -0.4 is 20.1 Å². The second kappa shape index (κ2) is 9.66. The monoisotopic (exact) mass is 459 g/mol. The van der Waals surface area contributed by atoms with Crippen molar-refractivity contribution in [1.82, 2.24) is 5.16 Å². The van der Waals surface area contributed by atoms with Gasteiger partial charge in [0.25, 0.3) is 5.91 Å². The third kappa shape index (κ3) is 4.71. The van der Waals surface area contributed by atoms with E-state index in [4.69, 9.17) is 14.0 Å². The Labute approximate surface area is 196 Å². The molecule has 34 heavy (non-hydrogen) atoms. The van der Waals surface area contributed by atoms with Crippen molar-refractivity contribution in [3.05, 3.63) is 77.0 Å². The number of amides is 2. The molecule has 174 valence electrons. The first-order valence-corrected chi connectivity index (χ1v) is 10.7. The van der Waals surface area contributed by atoms with E-state index < -0.39 is 0 Å². The quantitative estimate of drug-likeness (QED) is 0.408. The molecule has 0 atom stereocenters. The lowest BCUT2D eigenvalue weighted by atomic mass is 10.1. The Bertz CT molecular complexity index is 1360. The van der Waals surface area contributed by atoms with E-state index in [9.17, 15) is 9.59 Å². The lowest BCUT2D eigenvalue weighted by Gasteiger charge is -2.16. The number of hydrogen-bond donors (Lipinski definition) is 2. The molecular weight excluding hydrogens is 434 g/mol. The predicted molar refractivity (Wildman–Crippen MR) is 130 cm³/mol. The SMILES string of the molecule is COc1cc(NC(=O)c2ccccc2)c(OC)cc1NC(=O)Cc1noc2cc(C)c(C)cc12. The fraction of sp³-hybridized carbons (Fsp3) is 0.192. The lowest BCUT2D eigenvalue weighted by Crippen LogP contribution is -2.16. The number of methoxy groups -OCH3 is 2. The summed E-state index contributed by atoms with van der Waals surface area (Å²) >= 11 is 0. The van der Waals surface area contributed by atoms with Crippen LogP contribution in [0.1, 0.15) is 27.2 Å². The second-order valence-electron chi connectivity index (χ2n) is 7.86. The molecule has 0 radical (unpaired) electrons. The smallest absolute Gasteiger partial charge is 0.255 e. The van der Waals surface area contributed by atoms with Gasteiger partial charge in [-0.2, -0.15) is 0 Å². The van der Waals surface area contributed by atoms with E-state index in [1.807, 2.05) is 32.0 Å². The number of nitrogens with one attached hydrogen (secondary N) is 2. The molecule has 0 spiro atoms. The van der Waals surface area contributed by atoms with Crippen molar-refractivity contribution in [2.24, 2.45) is 0 Å². The Kier molecular flexibility index (Phi) is 6.49. The number of anilines is 2. The second-order valence-corrected chi connectivity index (χ2v) is 7.86. The Balaban J connectivity index is 1.55. The maximum absolute atomic E-state index is 12.8. The highest BCUT2D eigenvalue weighted by molar-refractivity contribution is 6.05. The molecule has 0 unspecified atom stereocenters. The first-order chi connectivity index (χ1) is 16.4. The molecule has 2 N–H and O–H groups in total. The summed E-state index contributed by atoms with van der Waals surface area (Å²) in [6.45, 7) is 4.00. The van der Waals surface area contributed by atoms with Crippen LogP contribution in [0.15, 0.2) is 59.1 Å². The molecular formula is C26H25N3O5. The summed E-state index contributed by atoms with van der Waals surface area (Å²) in [5.74, 6) is 0.156. The van der Waals surface area contributed by atoms with Gasteiger partial charge in [-0.05, 0) is 49.2 Å². The summed E-state index contributed by atoms with van der Waals surface area (Å²) in [7, 11) is 2.97. The van der Waals surface area contributed by atoms with E-state index in [1.165, 1.54) is 14.2 Å². The van der Waals surface area contributed by atoms with Gasteiger partial charge < -0.3 is 24.6 Å². The number of carbonyl (C=O) groups excluding carboxylic acids is 2. The van der Waals surface area contributed by atoms with Gasteiger partial charge in [0.15, 0.2) is 5.58 Å². The highest BCUT2D eigenvalue weighted by Gasteiger charge is 2.18. The van der Waals surface area contributed by atoms with Crippen molar-refractivity contribution >= 4 is 34.2 Å². The van der Waals surface area contributed by atoms with Crippen molar-refractivity contribution in [3.8, 4) is 11.5 Å². The van der Waals surface area contributed by atoms with Crippen LogP contribution in [0.2, 0.25) is 0 Å². The first-order valence-electron chi connectivity index (χ1n) is 10.7. The number of rotatable bonds is 7. The third-order valence-corrected chi connectivity index (χ3v) is 5.57. The highest BCUT2D eigenvalue weighted by atomic mass is 16.5. The van der Waals surface area contributed by atoms with Gasteiger partial charge in [-0.15, -0.1) is 0 Å². The Morgan fingerprint density at radius 2 is 1.50 bits per heavy atom. The van der Waals surface area contributed by atoms with E-state index in [1.54, 1.807) is 36.4 Å². The summed E-state index contributed by atoms with van der Waals surface area (Å²) in [5, 5.41) is 10.5. The van der Waals surface area contributed by atoms with Gasteiger partial charge in [-0.1, -0.05) is 23.4 Å². The molecule has 8 nitrogen and oxygen atoms in total. The molecule has 8 heteroatoms. The van der Waals surface area contributed by atoms with Crippen LogP contribution in [-0.4, -0.2) is 31.2 Å². The number of hydrogen-bond acceptors (Lipinski definition) is 6. The Morgan fingerprint density at radius 1 is 0.882 bits per heavy atom. The molecule has 0 saturated carbocycles. The topological polar surface area (TPSA) is 103 Å². The Hall–Kier alpha value is -4.33. The Morgan fingerprint density at radius 3 is 2.15 bits per heavy atom. The van der Waals surface area contributed by atoms with Crippen molar-refractivity contribution in [1.29, 1.82) is 0 Å². The van der Waals surface area contributed by atoms with Crippen LogP contribution in [0, 0.1) is 13.8 Å². The number of fused-ring (bicyclic) bond motifs is 1. The molecule has 0 aliphatic carbocycles. The highest BCUT2D eigenvalue weighted by Crippen LogP contribution is 2.37. The van der Waals surface area contributed by atoms with E-state index in [0.717, 1.165) is 16.5 Å². The van der Waals surface area contributed by atoms with Gasteiger partial charge in [0, 0.05) is 23.1 Å². The molecule has 1 heterocycles. The van der Waals surface area contributed by atoms with E-state index in [2.05, 4.69) is 15.8 Å². The van der Waals surface area contributed by atoms with Crippen LogP contribution in [0.3, 0.4) is 0 Å². The van der Waals surface area contributed by atoms with Gasteiger partial charge in [0.2, 0.25) is 5.91 Å². The minimum absolute atomic E-state index is 0.0213. The molecule has 0 fully saturated rings. The molecule has 4 rings (SSSR count). The minimum Gasteiger partial charge on any atom is -0.494 e. The molecule has 3 aromatic carbocycles. The van der Waals surface area contributed by atoms with Gasteiger partial charge in [0.1, 0.15) is 17.2 Å². The molecule has 1 aromatic heterocycles. The largest absolute Gasteiger partial charge is 0.494 e. The zero-order valence-corrected chi connectivity index (χ0v) is 19.4. The standard InChI is InChI=1S/C26H25N3O5/c1-15-10-18-19(29-34-22(18)11-16(15)2)14-25(30)27-20-12-24(33-4)21(13-23(20)32-3)28-26(31)17-8-6-5-7-9-17/h5-13H,14H2,1-4H3,(H,27,30)(H,28,31). The fourth-order valence-electron chi connectivity index (χ4n) is 3.60. The summed E-state index contributed by atoms with van der Waals surface area (Å²) < 4.78 is 16.3. The third-order valence-electron chi connectivity index (χ3n) is 5.57. The number of benzene rings is 3. The number of aryl methyl sites for hydroxylation is 2. The molecule has 4 aromatic rings. The summed E-state index contributed by atoms with van der Waals surface area (Å²) in [6, 6.07) is 15.9. The number of nitrogens with zero attached hydrogens (tertiary/aromatic N) is 1. The van der Waals surface area contributed by atoms with Crippen LogP contribution >= 0.6 is 0 Å². The number of carbonyl (C=O) groups is 2. The minimum atomic E-state index is -0.296. The molecule has 0 aliphatic heterocycles. The summed E-state index contributed by atoms with van der Waals surface area (Å²) in [5.41, 5.74) is 4.71. The number of aromatic nitrogens is 1. The first kappa shape index (κ1) is 22.8. The van der Waals surface area contributed by atoms with E-state index in [-0.39, 0.29) is 18.2 Å². The maximum Gasteiger partial charge on any atom is 0.255 e. The lowest BCUT2D eigenvalue weighted by molar-refractivity contribution is -0.115. The van der Waals surface area contributed by atoms with Gasteiger partial charge in [0.05, 0.1) is 32.0 Å². The predicted octanol–water partition coefficient (Wildman–Crippen LogP) is 4.90. The fourth-order valence-corrected chi connectivity index (χ4v) is 3.60. The molecule has 0 bridgehead atoms. The zero-order valence-electron chi connectivity index (χ0n) is 19.4. The zero-order chi connectivity index (χ0) is 24.2. The average molecular weight is 460 g/mol. The molecule has 2 amide bonds. The summed E-state index contributed by atoms with van der Waals surface area (Å²) in [6.07, 6.45) is 0.0213.